The zero-order valence-electron chi connectivity index (χ0n) is 15.5. The van der Waals surface area contributed by atoms with Gasteiger partial charge in [-0.25, -0.2) is 4.79 Å². The van der Waals surface area contributed by atoms with Crippen LogP contribution in [-0.2, 0) is 4.74 Å². The summed E-state index contributed by atoms with van der Waals surface area (Å²) < 4.78 is 5.60. The summed E-state index contributed by atoms with van der Waals surface area (Å²) in [6.45, 7) is 15.0. The molecule has 0 spiro atoms. The van der Waals surface area contributed by atoms with Crippen LogP contribution in [0.25, 0.3) is 0 Å². The lowest BCUT2D eigenvalue weighted by molar-refractivity contribution is 0.0124. The van der Waals surface area contributed by atoms with E-state index in [1.165, 1.54) is 25.7 Å². The first-order valence-corrected chi connectivity index (χ1v) is 9.25. The lowest BCUT2D eigenvalue weighted by Gasteiger charge is -2.40. The van der Waals surface area contributed by atoms with Gasteiger partial charge in [-0.3, -0.25) is 0 Å². The third kappa shape index (κ3) is 5.64. The highest BCUT2D eigenvalue weighted by Crippen LogP contribution is 2.40. The third-order valence-electron chi connectivity index (χ3n) is 4.99. The van der Waals surface area contributed by atoms with E-state index in [0.29, 0.717) is 0 Å². The highest BCUT2D eigenvalue weighted by Gasteiger charge is 2.39. The topological polar surface area (TPSA) is 44.8 Å². The number of piperazine rings is 1. The molecule has 0 aromatic heterocycles. The second kappa shape index (κ2) is 7.84. The molecule has 5 nitrogen and oxygen atoms in total. The summed E-state index contributed by atoms with van der Waals surface area (Å²) >= 11 is 0. The lowest BCUT2D eigenvalue weighted by atomic mass is 9.84. The number of carbonyl (C=O) groups is 1. The maximum atomic E-state index is 12.5. The minimum Gasteiger partial charge on any atom is -0.444 e. The Bertz CT molecular complexity index is 380. The number of ether oxygens (including phenoxy) is 1. The Morgan fingerprint density at radius 2 is 1.83 bits per heavy atom. The van der Waals surface area contributed by atoms with Gasteiger partial charge in [0.2, 0.25) is 0 Å². The van der Waals surface area contributed by atoms with Crippen molar-refractivity contribution in [1.82, 2.24) is 15.1 Å². The fourth-order valence-electron chi connectivity index (χ4n) is 3.87. The van der Waals surface area contributed by atoms with Gasteiger partial charge in [-0.15, -0.1) is 0 Å². The van der Waals surface area contributed by atoms with Gasteiger partial charge in [0, 0.05) is 51.2 Å². The van der Waals surface area contributed by atoms with E-state index in [1.807, 2.05) is 25.7 Å². The Morgan fingerprint density at radius 1 is 1.22 bits per heavy atom. The fraction of sp³-hybridized carbons (Fsp3) is 0.944. The van der Waals surface area contributed by atoms with Crippen LogP contribution >= 0.6 is 0 Å². The van der Waals surface area contributed by atoms with Crippen molar-refractivity contribution in [2.24, 2.45) is 5.41 Å². The molecule has 1 saturated carbocycles. The number of rotatable bonds is 5. The quantitative estimate of drug-likeness (QED) is 0.844. The Morgan fingerprint density at radius 3 is 2.35 bits per heavy atom. The van der Waals surface area contributed by atoms with Crippen molar-refractivity contribution >= 4 is 6.09 Å². The molecule has 1 saturated heterocycles. The highest BCUT2D eigenvalue weighted by atomic mass is 16.6. The summed E-state index contributed by atoms with van der Waals surface area (Å²) in [6.07, 6.45) is 4.88. The second-order valence-electron chi connectivity index (χ2n) is 8.23. The van der Waals surface area contributed by atoms with Crippen LogP contribution in [0.3, 0.4) is 0 Å². The lowest BCUT2D eigenvalue weighted by Crippen LogP contribution is -2.51. The molecule has 0 unspecified atom stereocenters. The van der Waals surface area contributed by atoms with Crippen LogP contribution in [0.1, 0.15) is 53.4 Å². The van der Waals surface area contributed by atoms with Crippen molar-refractivity contribution in [3.05, 3.63) is 0 Å². The standard InChI is InChI=1S/C18H35N3O2/c1-5-21(16(22)23-17(2,3)4)15-18(8-6-7-9-18)14-20-12-10-19-11-13-20/h19H,5-15H2,1-4H3. The molecule has 0 atom stereocenters. The number of hydrogen-bond donors (Lipinski definition) is 1. The summed E-state index contributed by atoms with van der Waals surface area (Å²) in [5.41, 5.74) is -0.170. The molecule has 1 amide bonds. The second-order valence-corrected chi connectivity index (χ2v) is 8.23. The van der Waals surface area contributed by atoms with E-state index in [4.69, 9.17) is 4.74 Å². The zero-order chi connectivity index (χ0) is 16.9. The average molecular weight is 325 g/mol. The molecule has 1 heterocycles. The predicted octanol–water partition coefficient (Wildman–Crippen LogP) is 2.71. The molecule has 0 radical (unpaired) electrons. The molecule has 0 aromatic rings. The molecule has 134 valence electrons. The molecular weight excluding hydrogens is 290 g/mol. The molecule has 23 heavy (non-hydrogen) atoms. The summed E-state index contributed by atoms with van der Waals surface area (Å²) in [5.74, 6) is 0. The van der Waals surface area contributed by atoms with E-state index >= 15 is 0 Å². The van der Waals surface area contributed by atoms with Crippen molar-refractivity contribution < 1.29 is 9.53 Å². The highest BCUT2D eigenvalue weighted by molar-refractivity contribution is 5.68. The zero-order valence-corrected chi connectivity index (χ0v) is 15.5. The Labute approximate surface area is 141 Å². The van der Waals surface area contributed by atoms with Crippen LogP contribution in [0, 0.1) is 5.41 Å². The molecule has 2 rings (SSSR count). The van der Waals surface area contributed by atoms with Crippen molar-refractivity contribution in [3.8, 4) is 0 Å². The van der Waals surface area contributed by atoms with E-state index in [1.54, 1.807) is 0 Å². The largest absolute Gasteiger partial charge is 0.444 e. The first-order chi connectivity index (χ1) is 10.8. The van der Waals surface area contributed by atoms with Crippen LogP contribution in [0.4, 0.5) is 4.79 Å². The van der Waals surface area contributed by atoms with Gasteiger partial charge in [0.15, 0.2) is 0 Å². The number of amides is 1. The molecule has 0 bridgehead atoms. The number of nitrogens with zero attached hydrogens (tertiary/aromatic N) is 2. The van der Waals surface area contributed by atoms with Crippen LogP contribution < -0.4 is 5.32 Å². The van der Waals surface area contributed by atoms with E-state index < -0.39 is 5.60 Å². The minimum atomic E-state index is -0.425. The van der Waals surface area contributed by atoms with E-state index in [0.717, 1.165) is 45.8 Å². The van der Waals surface area contributed by atoms with Gasteiger partial charge in [-0.05, 0) is 40.5 Å². The summed E-state index contributed by atoms with van der Waals surface area (Å²) in [6, 6.07) is 0. The summed E-state index contributed by atoms with van der Waals surface area (Å²) in [7, 11) is 0. The monoisotopic (exact) mass is 325 g/mol. The van der Waals surface area contributed by atoms with E-state index in [2.05, 4.69) is 17.1 Å². The van der Waals surface area contributed by atoms with Gasteiger partial charge in [-0.2, -0.15) is 0 Å². The molecule has 1 aliphatic heterocycles. The van der Waals surface area contributed by atoms with E-state index in [9.17, 15) is 4.79 Å². The fourth-order valence-corrected chi connectivity index (χ4v) is 3.87. The van der Waals surface area contributed by atoms with Gasteiger partial charge in [0.05, 0.1) is 0 Å². The van der Waals surface area contributed by atoms with Gasteiger partial charge < -0.3 is 19.9 Å². The Balaban J connectivity index is 1.99. The first kappa shape index (κ1) is 18.5. The van der Waals surface area contributed by atoms with Crippen molar-refractivity contribution in [1.29, 1.82) is 0 Å². The van der Waals surface area contributed by atoms with Gasteiger partial charge in [0.25, 0.3) is 0 Å². The van der Waals surface area contributed by atoms with Gasteiger partial charge in [0.1, 0.15) is 5.60 Å². The van der Waals surface area contributed by atoms with Crippen molar-refractivity contribution in [2.75, 3.05) is 45.8 Å². The molecule has 2 fully saturated rings. The van der Waals surface area contributed by atoms with Gasteiger partial charge >= 0.3 is 6.09 Å². The predicted molar refractivity (Wildman–Crippen MR) is 93.7 cm³/mol. The minimum absolute atomic E-state index is 0.161. The smallest absolute Gasteiger partial charge is 0.410 e. The third-order valence-corrected chi connectivity index (χ3v) is 4.99. The number of hydrogen-bond acceptors (Lipinski definition) is 4. The van der Waals surface area contributed by atoms with E-state index in [-0.39, 0.29) is 11.5 Å². The number of nitrogens with one attached hydrogen (secondary N) is 1. The van der Waals surface area contributed by atoms with Crippen LogP contribution in [0.15, 0.2) is 0 Å². The average Bonchev–Trinajstić information content (AvgIpc) is 2.92. The van der Waals surface area contributed by atoms with Crippen LogP contribution in [0.5, 0.6) is 0 Å². The molecule has 1 N–H and O–H groups in total. The Kier molecular flexibility index (Phi) is 6.32. The van der Waals surface area contributed by atoms with Crippen molar-refractivity contribution in [3.63, 3.8) is 0 Å². The molecule has 0 aromatic carbocycles. The maximum absolute atomic E-state index is 12.5. The summed E-state index contributed by atoms with van der Waals surface area (Å²) in [5, 5.41) is 3.42. The van der Waals surface area contributed by atoms with Gasteiger partial charge in [-0.1, -0.05) is 12.8 Å². The summed E-state index contributed by atoms with van der Waals surface area (Å²) in [4.78, 5) is 17.0. The number of carbonyl (C=O) groups excluding carboxylic acids is 1. The van der Waals surface area contributed by atoms with Crippen LogP contribution in [0.2, 0.25) is 0 Å². The molecular formula is C18H35N3O2. The Hall–Kier alpha value is -0.810. The SMILES string of the molecule is CCN(CC1(CN2CCNCC2)CCCC1)C(=O)OC(C)(C)C. The molecule has 1 aliphatic carbocycles. The normalized spacial score (nSPS) is 22.1. The molecule has 2 aliphatic rings. The van der Waals surface area contributed by atoms with Crippen molar-refractivity contribution in [2.45, 2.75) is 59.0 Å². The molecule has 5 heteroatoms. The first-order valence-electron chi connectivity index (χ1n) is 9.25. The maximum Gasteiger partial charge on any atom is 0.410 e. The van der Waals surface area contributed by atoms with Crippen LogP contribution in [-0.4, -0.2) is 67.3 Å².